The van der Waals surface area contributed by atoms with E-state index < -0.39 is 10.0 Å². The molecule has 1 aromatic heterocycles. The fourth-order valence-corrected chi connectivity index (χ4v) is 5.64. The Hall–Kier alpha value is -0.0800. The summed E-state index contributed by atoms with van der Waals surface area (Å²) < 4.78 is 27.7. The first-order valence-corrected chi connectivity index (χ1v) is 9.82. The van der Waals surface area contributed by atoms with Gasteiger partial charge < -0.3 is 5.32 Å². The Kier molecular flexibility index (Phi) is 4.94. The van der Waals surface area contributed by atoms with Crippen LogP contribution in [0.4, 0.5) is 0 Å². The highest BCUT2D eigenvalue weighted by atomic mass is 32.2. The van der Waals surface area contributed by atoms with E-state index in [2.05, 4.69) is 16.3 Å². The van der Waals surface area contributed by atoms with Crippen molar-refractivity contribution in [3.8, 4) is 0 Å². The smallest absolute Gasteiger partial charge is 0.250 e. The fourth-order valence-electron chi connectivity index (χ4n) is 2.09. The number of rotatable bonds is 7. The van der Waals surface area contributed by atoms with Crippen molar-refractivity contribution in [3.63, 3.8) is 0 Å². The molecule has 0 bridgehead atoms. The monoisotopic (exact) mass is 320 g/mol. The molecule has 1 aromatic rings. The van der Waals surface area contributed by atoms with Gasteiger partial charge in [0.1, 0.15) is 4.21 Å². The van der Waals surface area contributed by atoms with E-state index in [-0.39, 0.29) is 4.75 Å². The second-order valence-corrected chi connectivity index (χ2v) is 9.25. The summed E-state index contributed by atoms with van der Waals surface area (Å²) >= 11 is 3.10. The van der Waals surface area contributed by atoms with E-state index in [9.17, 15) is 8.42 Å². The molecule has 0 aromatic carbocycles. The van der Waals surface area contributed by atoms with Crippen LogP contribution >= 0.6 is 23.1 Å². The van der Waals surface area contributed by atoms with Crippen LogP contribution in [0.2, 0.25) is 0 Å². The molecule has 4 nitrogen and oxygen atoms in total. The molecule has 1 aliphatic rings. The molecule has 1 heterocycles. The summed E-state index contributed by atoms with van der Waals surface area (Å²) in [6.45, 7) is 1.24. The van der Waals surface area contributed by atoms with Crippen molar-refractivity contribution in [2.75, 3.05) is 19.8 Å². The Morgan fingerprint density at radius 1 is 1.42 bits per heavy atom. The van der Waals surface area contributed by atoms with Gasteiger partial charge in [0.25, 0.3) is 0 Å². The third-order valence-corrected chi connectivity index (χ3v) is 7.93. The van der Waals surface area contributed by atoms with Gasteiger partial charge in [-0.2, -0.15) is 11.8 Å². The molecule has 2 rings (SSSR count). The summed E-state index contributed by atoms with van der Waals surface area (Å²) in [6, 6.07) is 3.55. The van der Waals surface area contributed by atoms with E-state index in [1.807, 2.05) is 13.1 Å². The van der Waals surface area contributed by atoms with Gasteiger partial charge in [-0.3, -0.25) is 0 Å². The molecule has 0 aliphatic heterocycles. The number of hydrogen-bond donors (Lipinski definition) is 2. The van der Waals surface area contributed by atoms with E-state index in [1.165, 1.54) is 17.8 Å². The zero-order valence-electron chi connectivity index (χ0n) is 11.2. The summed E-state index contributed by atoms with van der Waals surface area (Å²) in [7, 11) is -1.50. The van der Waals surface area contributed by atoms with Gasteiger partial charge in [-0.15, -0.1) is 11.3 Å². The minimum Gasteiger partial charge on any atom is -0.315 e. The summed E-state index contributed by atoms with van der Waals surface area (Å²) in [5.41, 5.74) is 0. The Balaban J connectivity index is 2.01. The highest BCUT2D eigenvalue weighted by molar-refractivity contribution is 8.00. The van der Waals surface area contributed by atoms with Crippen LogP contribution in [-0.2, 0) is 16.6 Å². The molecule has 0 amide bonds. The zero-order valence-corrected chi connectivity index (χ0v) is 13.7. The molecule has 1 fully saturated rings. The Bertz CT molecular complexity index is 515. The molecule has 0 radical (unpaired) electrons. The first-order valence-electron chi connectivity index (χ1n) is 6.29. The largest absolute Gasteiger partial charge is 0.315 e. The lowest BCUT2D eigenvalue weighted by atomic mass is 9.84. The predicted octanol–water partition coefficient (Wildman–Crippen LogP) is 2.03. The third kappa shape index (κ3) is 3.52. The molecular formula is C12H20N2O2S3. The number of thiophene rings is 1. The first kappa shape index (κ1) is 15.3. The van der Waals surface area contributed by atoms with Gasteiger partial charge in [0.15, 0.2) is 0 Å². The molecule has 1 aliphatic carbocycles. The number of sulfonamides is 1. The van der Waals surface area contributed by atoms with E-state index in [0.29, 0.717) is 17.3 Å². The van der Waals surface area contributed by atoms with Crippen LogP contribution < -0.4 is 10.0 Å². The SMILES string of the molecule is CNCc1ccc(S(=O)(=O)NCC2(SC)CCC2)s1. The number of nitrogens with one attached hydrogen (secondary N) is 2. The summed E-state index contributed by atoms with van der Waals surface area (Å²) in [6.07, 6.45) is 5.47. The van der Waals surface area contributed by atoms with E-state index in [1.54, 1.807) is 17.8 Å². The van der Waals surface area contributed by atoms with Gasteiger partial charge >= 0.3 is 0 Å². The van der Waals surface area contributed by atoms with Crippen molar-refractivity contribution in [2.24, 2.45) is 0 Å². The second-order valence-electron chi connectivity index (χ2n) is 4.82. The van der Waals surface area contributed by atoms with Gasteiger partial charge in [0, 0.05) is 22.7 Å². The fraction of sp³-hybridized carbons (Fsp3) is 0.667. The summed E-state index contributed by atoms with van der Waals surface area (Å²) in [5.74, 6) is 0. The molecule has 108 valence electrons. The maximum Gasteiger partial charge on any atom is 0.250 e. The van der Waals surface area contributed by atoms with Crippen molar-refractivity contribution < 1.29 is 8.42 Å². The molecule has 0 atom stereocenters. The summed E-state index contributed by atoms with van der Waals surface area (Å²) in [5, 5.41) is 3.02. The maximum atomic E-state index is 12.2. The normalized spacial score (nSPS) is 18.2. The van der Waals surface area contributed by atoms with Crippen LogP contribution in [0, 0.1) is 0 Å². The molecular weight excluding hydrogens is 300 g/mol. The predicted molar refractivity (Wildman–Crippen MR) is 82.4 cm³/mol. The topological polar surface area (TPSA) is 58.2 Å². The highest BCUT2D eigenvalue weighted by Crippen LogP contribution is 2.42. The molecule has 0 unspecified atom stereocenters. The van der Waals surface area contributed by atoms with E-state index in [0.717, 1.165) is 17.7 Å². The van der Waals surface area contributed by atoms with Crippen LogP contribution in [0.25, 0.3) is 0 Å². The van der Waals surface area contributed by atoms with Gasteiger partial charge in [-0.1, -0.05) is 6.42 Å². The van der Waals surface area contributed by atoms with Crippen molar-refractivity contribution in [1.29, 1.82) is 0 Å². The van der Waals surface area contributed by atoms with Crippen LogP contribution in [0.1, 0.15) is 24.1 Å². The minimum absolute atomic E-state index is 0.123. The highest BCUT2D eigenvalue weighted by Gasteiger charge is 2.37. The molecule has 0 spiro atoms. The third-order valence-electron chi connectivity index (χ3n) is 3.54. The zero-order chi connectivity index (χ0) is 13.9. The molecule has 19 heavy (non-hydrogen) atoms. The molecule has 0 saturated heterocycles. The van der Waals surface area contributed by atoms with Gasteiger partial charge in [0.2, 0.25) is 10.0 Å². The Labute approximate surface area is 123 Å². The van der Waals surface area contributed by atoms with Crippen molar-refractivity contribution in [2.45, 2.75) is 34.8 Å². The molecule has 2 N–H and O–H groups in total. The Morgan fingerprint density at radius 2 is 2.16 bits per heavy atom. The lowest BCUT2D eigenvalue weighted by Crippen LogP contribution is -2.45. The van der Waals surface area contributed by atoms with Gasteiger partial charge in [0.05, 0.1) is 0 Å². The van der Waals surface area contributed by atoms with Gasteiger partial charge in [-0.05, 0) is 38.3 Å². The van der Waals surface area contributed by atoms with E-state index >= 15 is 0 Å². The first-order chi connectivity index (χ1) is 9.01. The van der Waals surface area contributed by atoms with Crippen LogP contribution in [0.3, 0.4) is 0 Å². The van der Waals surface area contributed by atoms with Crippen molar-refractivity contribution in [3.05, 3.63) is 17.0 Å². The average molecular weight is 321 g/mol. The maximum absolute atomic E-state index is 12.2. The lowest BCUT2D eigenvalue weighted by molar-refractivity contribution is 0.362. The lowest BCUT2D eigenvalue weighted by Gasteiger charge is -2.40. The average Bonchev–Trinajstić information content (AvgIpc) is 2.78. The molecule has 1 saturated carbocycles. The van der Waals surface area contributed by atoms with Crippen molar-refractivity contribution in [1.82, 2.24) is 10.0 Å². The number of hydrogen-bond acceptors (Lipinski definition) is 5. The molecule has 7 heteroatoms. The van der Waals surface area contributed by atoms with Crippen LogP contribution in [0.15, 0.2) is 16.3 Å². The Morgan fingerprint density at radius 3 is 2.68 bits per heavy atom. The quantitative estimate of drug-likeness (QED) is 0.807. The summed E-state index contributed by atoms with van der Waals surface area (Å²) in [4.78, 5) is 1.03. The minimum atomic E-state index is -3.35. The van der Waals surface area contributed by atoms with Crippen LogP contribution in [-0.4, -0.2) is 33.0 Å². The number of thioether (sulfide) groups is 1. The van der Waals surface area contributed by atoms with Crippen LogP contribution in [0.5, 0.6) is 0 Å². The van der Waals surface area contributed by atoms with Crippen molar-refractivity contribution >= 4 is 33.1 Å². The standard InChI is InChI=1S/C12H20N2O2S3/c1-13-8-10-4-5-11(18-10)19(15,16)14-9-12(17-2)6-3-7-12/h4-5,13-14H,3,6-9H2,1-2H3. The van der Waals surface area contributed by atoms with E-state index in [4.69, 9.17) is 0 Å². The second kappa shape index (κ2) is 6.13. The van der Waals surface area contributed by atoms with Gasteiger partial charge in [-0.25, -0.2) is 13.1 Å².